The standard InChI is InChI=1S/C12H28N2/c1-7-12(13,8-2)9-14(6)11(5)10(3)4/h10-11H,7-9,13H2,1-6H3. The van der Waals surface area contributed by atoms with Crippen LogP contribution in [0.15, 0.2) is 0 Å². The summed E-state index contributed by atoms with van der Waals surface area (Å²) in [4.78, 5) is 2.39. The molecule has 1 atom stereocenters. The second-order valence-corrected chi connectivity index (χ2v) is 4.97. The quantitative estimate of drug-likeness (QED) is 0.714. The number of nitrogens with zero attached hydrogens (tertiary/aromatic N) is 1. The van der Waals surface area contributed by atoms with Crippen LogP contribution in [0.25, 0.3) is 0 Å². The van der Waals surface area contributed by atoms with E-state index >= 15 is 0 Å². The monoisotopic (exact) mass is 200 g/mol. The Morgan fingerprint density at radius 2 is 1.57 bits per heavy atom. The Balaban J connectivity index is 4.22. The van der Waals surface area contributed by atoms with Crippen molar-refractivity contribution in [2.24, 2.45) is 11.7 Å². The van der Waals surface area contributed by atoms with Crippen molar-refractivity contribution >= 4 is 0 Å². The summed E-state index contributed by atoms with van der Waals surface area (Å²) < 4.78 is 0. The molecule has 0 aliphatic rings. The summed E-state index contributed by atoms with van der Waals surface area (Å²) in [6.07, 6.45) is 2.11. The summed E-state index contributed by atoms with van der Waals surface area (Å²) in [6.45, 7) is 12.2. The average molecular weight is 200 g/mol. The average Bonchev–Trinajstić information content (AvgIpc) is 2.16. The van der Waals surface area contributed by atoms with Gasteiger partial charge in [-0.2, -0.15) is 0 Å². The molecule has 0 aromatic heterocycles. The maximum absolute atomic E-state index is 6.29. The molecule has 0 amide bonds. The summed E-state index contributed by atoms with van der Waals surface area (Å²) in [5, 5.41) is 0. The molecule has 0 heterocycles. The minimum absolute atomic E-state index is 0.00208. The molecule has 1 unspecified atom stereocenters. The van der Waals surface area contributed by atoms with Gasteiger partial charge in [-0.1, -0.05) is 27.7 Å². The van der Waals surface area contributed by atoms with E-state index in [1.54, 1.807) is 0 Å². The van der Waals surface area contributed by atoms with Crippen LogP contribution in [0.3, 0.4) is 0 Å². The van der Waals surface area contributed by atoms with Gasteiger partial charge in [0.15, 0.2) is 0 Å². The zero-order chi connectivity index (χ0) is 11.4. The third kappa shape index (κ3) is 3.97. The van der Waals surface area contributed by atoms with E-state index in [-0.39, 0.29) is 5.54 Å². The van der Waals surface area contributed by atoms with Gasteiger partial charge >= 0.3 is 0 Å². The van der Waals surface area contributed by atoms with Gasteiger partial charge < -0.3 is 10.6 Å². The second-order valence-electron chi connectivity index (χ2n) is 4.97. The first-order valence-corrected chi connectivity index (χ1v) is 5.85. The molecule has 0 radical (unpaired) electrons. The summed E-state index contributed by atoms with van der Waals surface area (Å²) in [5.74, 6) is 0.693. The molecule has 0 aromatic carbocycles. The number of hydrogen-bond acceptors (Lipinski definition) is 2. The molecule has 0 saturated carbocycles. The van der Waals surface area contributed by atoms with E-state index in [1.807, 2.05) is 0 Å². The van der Waals surface area contributed by atoms with Gasteiger partial charge in [0, 0.05) is 18.1 Å². The molecule has 2 nitrogen and oxygen atoms in total. The first-order chi connectivity index (χ1) is 6.36. The predicted octanol–water partition coefficient (Wildman–Crippen LogP) is 2.48. The summed E-state index contributed by atoms with van der Waals surface area (Å²) >= 11 is 0. The van der Waals surface area contributed by atoms with Crippen LogP contribution in [0.4, 0.5) is 0 Å². The smallest absolute Gasteiger partial charge is 0.0278 e. The fourth-order valence-corrected chi connectivity index (χ4v) is 1.62. The highest BCUT2D eigenvalue weighted by molar-refractivity contribution is 4.85. The lowest BCUT2D eigenvalue weighted by atomic mass is 9.92. The molecular formula is C12H28N2. The zero-order valence-corrected chi connectivity index (χ0v) is 10.8. The number of rotatable bonds is 6. The van der Waals surface area contributed by atoms with Crippen molar-refractivity contribution in [1.29, 1.82) is 0 Å². The van der Waals surface area contributed by atoms with Gasteiger partial charge in [-0.15, -0.1) is 0 Å². The molecule has 0 bridgehead atoms. The first-order valence-electron chi connectivity index (χ1n) is 5.85. The Hall–Kier alpha value is -0.0800. The molecule has 0 fully saturated rings. The zero-order valence-electron chi connectivity index (χ0n) is 10.8. The maximum atomic E-state index is 6.29. The largest absolute Gasteiger partial charge is 0.324 e. The van der Waals surface area contributed by atoms with Crippen molar-refractivity contribution in [2.45, 2.75) is 59.0 Å². The lowest BCUT2D eigenvalue weighted by Gasteiger charge is -2.36. The van der Waals surface area contributed by atoms with Crippen LogP contribution < -0.4 is 5.73 Å². The van der Waals surface area contributed by atoms with Crippen molar-refractivity contribution in [2.75, 3.05) is 13.6 Å². The first kappa shape index (κ1) is 13.9. The molecule has 0 rings (SSSR count). The lowest BCUT2D eigenvalue weighted by Crippen LogP contribution is -2.51. The Kier molecular flexibility index (Phi) is 5.68. The van der Waals surface area contributed by atoms with Crippen molar-refractivity contribution in [3.8, 4) is 0 Å². The minimum atomic E-state index is -0.00208. The van der Waals surface area contributed by atoms with E-state index in [0.717, 1.165) is 19.4 Å². The van der Waals surface area contributed by atoms with Gasteiger partial charge in [0.2, 0.25) is 0 Å². The topological polar surface area (TPSA) is 29.3 Å². The minimum Gasteiger partial charge on any atom is -0.324 e. The summed E-state index contributed by atoms with van der Waals surface area (Å²) in [5.41, 5.74) is 6.29. The van der Waals surface area contributed by atoms with Gasteiger partial charge in [-0.3, -0.25) is 0 Å². The maximum Gasteiger partial charge on any atom is 0.0278 e. The fraction of sp³-hybridized carbons (Fsp3) is 1.00. The predicted molar refractivity (Wildman–Crippen MR) is 64.4 cm³/mol. The molecule has 86 valence electrons. The highest BCUT2D eigenvalue weighted by Crippen LogP contribution is 2.16. The second kappa shape index (κ2) is 5.72. The number of hydrogen-bond donors (Lipinski definition) is 1. The van der Waals surface area contributed by atoms with E-state index in [2.05, 4.69) is 46.6 Å². The van der Waals surface area contributed by atoms with Crippen LogP contribution in [0.1, 0.15) is 47.5 Å². The van der Waals surface area contributed by atoms with Crippen LogP contribution in [-0.2, 0) is 0 Å². The molecule has 14 heavy (non-hydrogen) atoms. The summed E-state index contributed by atoms with van der Waals surface area (Å²) in [6, 6.07) is 0.607. The third-order valence-electron chi connectivity index (χ3n) is 3.63. The SMILES string of the molecule is CCC(N)(CC)CN(C)C(C)C(C)C. The normalized spacial score (nSPS) is 15.2. The fourth-order valence-electron chi connectivity index (χ4n) is 1.62. The van der Waals surface area contributed by atoms with Gasteiger partial charge in [0.1, 0.15) is 0 Å². The molecule has 0 saturated heterocycles. The van der Waals surface area contributed by atoms with Gasteiger partial charge in [-0.05, 0) is 32.7 Å². The van der Waals surface area contributed by atoms with Crippen LogP contribution in [-0.4, -0.2) is 30.1 Å². The van der Waals surface area contributed by atoms with Crippen LogP contribution in [0, 0.1) is 5.92 Å². The molecule has 0 aliphatic carbocycles. The molecule has 2 heteroatoms. The van der Waals surface area contributed by atoms with Crippen molar-refractivity contribution in [1.82, 2.24) is 4.90 Å². The van der Waals surface area contributed by atoms with E-state index in [9.17, 15) is 0 Å². The van der Waals surface area contributed by atoms with Gasteiger partial charge in [0.05, 0.1) is 0 Å². The van der Waals surface area contributed by atoms with Gasteiger partial charge in [0.25, 0.3) is 0 Å². The van der Waals surface area contributed by atoms with Crippen LogP contribution >= 0.6 is 0 Å². The number of nitrogens with two attached hydrogens (primary N) is 1. The molecule has 0 aromatic rings. The molecule has 0 spiro atoms. The van der Waals surface area contributed by atoms with Crippen molar-refractivity contribution in [3.63, 3.8) is 0 Å². The Labute approximate surface area is 89.9 Å². The summed E-state index contributed by atoms with van der Waals surface area (Å²) in [7, 11) is 2.18. The van der Waals surface area contributed by atoms with Crippen molar-refractivity contribution < 1.29 is 0 Å². The van der Waals surface area contributed by atoms with Gasteiger partial charge in [-0.25, -0.2) is 0 Å². The highest BCUT2D eigenvalue weighted by atomic mass is 15.1. The Bertz CT molecular complexity index is 150. The lowest BCUT2D eigenvalue weighted by molar-refractivity contribution is 0.158. The van der Waals surface area contributed by atoms with Crippen LogP contribution in [0.5, 0.6) is 0 Å². The van der Waals surface area contributed by atoms with E-state index < -0.39 is 0 Å². The number of likely N-dealkylation sites (N-methyl/N-ethyl adjacent to an activating group) is 1. The molecule has 0 aliphatic heterocycles. The van der Waals surface area contributed by atoms with E-state index in [1.165, 1.54) is 0 Å². The van der Waals surface area contributed by atoms with E-state index in [4.69, 9.17) is 5.73 Å². The van der Waals surface area contributed by atoms with Crippen molar-refractivity contribution in [3.05, 3.63) is 0 Å². The molecular weight excluding hydrogens is 172 g/mol. The van der Waals surface area contributed by atoms with E-state index in [0.29, 0.717) is 12.0 Å². The third-order valence-corrected chi connectivity index (χ3v) is 3.63. The Morgan fingerprint density at radius 3 is 1.86 bits per heavy atom. The molecule has 2 N–H and O–H groups in total. The highest BCUT2D eigenvalue weighted by Gasteiger charge is 2.25. The van der Waals surface area contributed by atoms with Crippen LogP contribution in [0.2, 0.25) is 0 Å². The Morgan fingerprint density at radius 1 is 1.14 bits per heavy atom.